The van der Waals surface area contributed by atoms with E-state index in [0.717, 1.165) is 0 Å². The van der Waals surface area contributed by atoms with Gasteiger partial charge in [-0.3, -0.25) is 4.79 Å². The van der Waals surface area contributed by atoms with Crippen molar-refractivity contribution >= 4 is 28.8 Å². The Hall–Kier alpha value is -0.535. The zero-order valence-electron chi connectivity index (χ0n) is 5.37. The van der Waals surface area contributed by atoms with Crippen molar-refractivity contribution in [1.82, 2.24) is 0 Å². The van der Waals surface area contributed by atoms with Crippen LogP contribution in [0.2, 0.25) is 0 Å². The van der Waals surface area contributed by atoms with Crippen LogP contribution in [0, 0.1) is 0 Å². The number of rotatable bonds is 6. The second-order valence-corrected chi connectivity index (χ2v) is 1.26. The molecule has 0 saturated heterocycles. The lowest BCUT2D eigenvalue weighted by atomic mass is 10.1. The normalized spacial score (nSPS) is 8.64. The summed E-state index contributed by atoms with van der Waals surface area (Å²) in [5.41, 5.74) is 0. The monoisotopic (exact) mass is 161 g/mol. The van der Waals surface area contributed by atoms with Gasteiger partial charge in [0.1, 0.15) is 0 Å². The van der Waals surface area contributed by atoms with Crippen molar-refractivity contribution in [2.75, 3.05) is 0 Å². The van der Waals surface area contributed by atoms with Gasteiger partial charge in [-0.2, -0.15) is 0 Å². The van der Waals surface area contributed by atoms with Crippen molar-refractivity contribution in [2.45, 2.75) is 0 Å². The van der Waals surface area contributed by atoms with Crippen LogP contribution < -0.4 is 0 Å². The van der Waals surface area contributed by atoms with E-state index < -0.39 is 22.3 Å². The molecule has 0 bridgehead atoms. The van der Waals surface area contributed by atoms with Crippen LogP contribution >= 0.6 is 0 Å². The van der Waals surface area contributed by atoms with Crippen LogP contribution in [-0.4, -0.2) is 38.8 Å². The first-order valence-corrected chi connectivity index (χ1v) is 2.51. The molecule has 0 aliphatic heterocycles. The van der Waals surface area contributed by atoms with Crippen LogP contribution in [0.5, 0.6) is 0 Å². The lowest BCUT2D eigenvalue weighted by molar-refractivity contribution is -0.122. The molecule has 0 heterocycles. The number of hydrogen-bond acceptors (Lipinski definition) is 6. The van der Waals surface area contributed by atoms with Crippen molar-refractivity contribution in [1.29, 1.82) is 0 Å². The standard InChI is InChI=1S/CH4B3O7/c5-1-9-3(7)11-4(8)10-2-6/h1-2,6-7H. The summed E-state index contributed by atoms with van der Waals surface area (Å²) in [6.45, 7) is -0.101. The van der Waals surface area contributed by atoms with Crippen LogP contribution in [0.25, 0.3) is 0 Å². The van der Waals surface area contributed by atoms with E-state index in [1.807, 2.05) is 0 Å². The second-order valence-electron chi connectivity index (χ2n) is 1.26. The Labute approximate surface area is 63.5 Å². The molecule has 0 aromatic rings. The molecular formula is CH4B3O7. The maximum atomic E-state index is 10.3. The molecule has 0 aromatic heterocycles. The number of carbonyl (C=O) groups is 1. The molecule has 1 radical (unpaired) electrons. The maximum Gasteiger partial charge on any atom is 0.700 e. The van der Waals surface area contributed by atoms with Crippen molar-refractivity contribution < 1.29 is 33.7 Å². The molecule has 7 nitrogen and oxygen atoms in total. The third kappa shape index (κ3) is 5.89. The van der Waals surface area contributed by atoms with Crippen LogP contribution in [0.1, 0.15) is 0 Å². The Morgan fingerprint density at radius 3 is 2.64 bits per heavy atom. The molecule has 2 N–H and O–H groups in total. The van der Waals surface area contributed by atoms with Gasteiger partial charge in [-0.25, -0.2) is 5.02 Å². The highest BCUT2D eigenvalue weighted by Gasteiger charge is 2.28. The van der Waals surface area contributed by atoms with Crippen molar-refractivity contribution in [2.24, 2.45) is 0 Å². The van der Waals surface area contributed by atoms with Gasteiger partial charge in [0.2, 0.25) is 0 Å². The summed E-state index contributed by atoms with van der Waals surface area (Å²) < 4.78 is 11.5. The summed E-state index contributed by atoms with van der Waals surface area (Å²) in [5, 5.41) is 26.6. The van der Waals surface area contributed by atoms with Gasteiger partial charge in [0, 0.05) is 0 Å². The molecule has 0 rings (SSSR count). The molecule has 0 atom stereocenters. The van der Waals surface area contributed by atoms with Gasteiger partial charge < -0.3 is 23.8 Å². The van der Waals surface area contributed by atoms with Gasteiger partial charge in [-0.1, -0.05) is 0 Å². The average Bonchev–Trinajstić information content (AvgIpc) is 1.87. The Kier molecular flexibility index (Phi) is 5.89. The third-order valence-electron chi connectivity index (χ3n) is 0.610. The van der Waals surface area contributed by atoms with Crippen LogP contribution in [0.15, 0.2) is 0 Å². The largest absolute Gasteiger partial charge is 0.700 e. The summed E-state index contributed by atoms with van der Waals surface area (Å²) in [4.78, 5) is 9.50. The summed E-state index contributed by atoms with van der Waals surface area (Å²) >= 11 is 0. The first-order valence-electron chi connectivity index (χ1n) is 2.51. The minimum Gasteiger partial charge on any atom is -0.488 e. The highest BCUT2D eigenvalue weighted by atomic mass is 16.8. The van der Waals surface area contributed by atoms with Gasteiger partial charge in [0.25, 0.3) is 6.47 Å². The van der Waals surface area contributed by atoms with Crippen molar-refractivity contribution in [3.05, 3.63) is 0 Å². The van der Waals surface area contributed by atoms with Crippen LogP contribution in [0.4, 0.5) is 0 Å². The zero-order chi connectivity index (χ0) is 8.69. The second kappa shape index (κ2) is 6.19. The van der Waals surface area contributed by atoms with Gasteiger partial charge in [-0.05, 0) is 0 Å². The zero-order valence-corrected chi connectivity index (χ0v) is 5.37. The molecule has 0 unspecified atom stereocenters. The molecule has 59 valence electrons. The molecule has 0 spiro atoms. The van der Waals surface area contributed by atoms with E-state index in [9.17, 15) is 9.82 Å². The number of hydrogen-bond donors (Lipinski definition) is 2. The SMILES string of the molecule is [O]B(OBO)OB(O)OC=O. The fraction of sp³-hybridized carbons (Fsp3) is 0. The number of carbonyl (C=O) groups excluding carboxylic acids is 1. The van der Waals surface area contributed by atoms with Gasteiger partial charge in [0.05, 0.1) is 0 Å². The fourth-order valence-corrected chi connectivity index (χ4v) is 0.275. The molecule has 0 aliphatic carbocycles. The highest BCUT2D eigenvalue weighted by Crippen LogP contribution is 1.87. The molecule has 0 fully saturated rings. The van der Waals surface area contributed by atoms with E-state index >= 15 is 0 Å². The lowest BCUT2D eigenvalue weighted by Gasteiger charge is -2.04. The Morgan fingerprint density at radius 1 is 1.55 bits per heavy atom. The quantitative estimate of drug-likeness (QED) is 0.314. The summed E-state index contributed by atoms with van der Waals surface area (Å²) in [7, 11) is -4.90. The van der Waals surface area contributed by atoms with Gasteiger partial charge in [-0.15, -0.1) is 0 Å². The topological polar surface area (TPSA) is 105 Å². The predicted octanol–water partition coefficient (Wildman–Crippen LogP) is -3.16. The Balaban J connectivity index is 3.39. The van der Waals surface area contributed by atoms with Crippen LogP contribution in [-0.2, 0) is 23.6 Å². The van der Waals surface area contributed by atoms with E-state index in [1.165, 1.54) is 0 Å². The Bertz CT molecular complexity index is 108. The molecule has 0 saturated carbocycles. The van der Waals surface area contributed by atoms with Crippen LogP contribution in [0.3, 0.4) is 0 Å². The minimum atomic E-state index is -2.09. The molecule has 0 aliphatic rings. The smallest absolute Gasteiger partial charge is 0.488 e. The molecule has 0 aromatic carbocycles. The molecular weight excluding hydrogens is 156 g/mol. The third-order valence-corrected chi connectivity index (χ3v) is 0.610. The molecule has 0 amide bonds. The maximum absolute atomic E-state index is 10.3. The molecule has 10 heteroatoms. The van der Waals surface area contributed by atoms with E-state index in [0.29, 0.717) is 0 Å². The minimum absolute atomic E-state index is 0.101. The summed E-state index contributed by atoms with van der Waals surface area (Å²) in [6, 6.07) is 0. The first-order chi connectivity index (χ1) is 5.20. The summed E-state index contributed by atoms with van der Waals surface area (Å²) in [5.74, 6) is 0. The van der Waals surface area contributed by atoms with Gasteiger partial charge >= 0.3 is 22.3 Å². The first kappa shape index (κ1) is 10.5. The van der Waals surface area contributed by atoms with Gasteiger partial charge in [0.15, 0.2) is 0 Å². The van der Waals surface area contributed by atoms with Crippen molar-refractivity contribution in [3.8, 4) is 0 Å². The molecule has 11 heavy (non-hydrogen) atoms. The Morgan fingerprint density at radius 2 is 2.18 bits per heavy atom. The van der Waals surface area contributed by atoms with E-state index in [-0.39, 0.29) is 6.47 Å². The van der Waals surface area contributed by atoms with E-state index in [2.05, 4.69) is 13.8 Å². The summed E-state index contributed by atoms with van der Waals surface area (Å²) in [6.07, 6.45) is 0. The fourth-order valence-electron chi connectivity index (χ4n) is 0.275. The predicted molar refractivity (Wildman–Crippen MR) is 33.1 cm³/mol. The average molecular weight is 160 g/mol. The van der Waals surface area contributed by atoms with E-state index in [1.54, 1.807) is 0 Å². The van der Waals surface area contributed by atoms with Crippen molar-refractivity contribution in [3.63, 3.8) is 0 Å². The lowest BCUT2D eigenvalue weighted by Crippen LogP contribution is -2.34. The highest BCUT2D eigenvalue weighted by molar-refractivity contribution is 6.54. The van der Waals surface area contributed by atoms with E-state index in [4.69, 9.17) is 10.0 Å².